The van der Waals surface area contributed by atoms with Crippen LogP contribution in [-0.2, 0) is 11.3 Å². The average molecular weight is 295 g/mol. The maximum Gasteiger partial charge on any atom is 0.322 e. The molecule has 0 amide bonds. The number of hydrogen-bond donors (Lipinski definition) is 2. The van der Waals surface area contributed by atoms with Crippen LogP contribution in [0.1, 0.15) is 5.56 Å². The third-order valence-electron chi connectivity index (χ3n) is 3.49. The number of non-ortho nitro benzene ring substituents is 1. The molecule has 2 N–H and O–H groups in total. The Hall–Kier alpha value is -2.19. The van der Waals surface area contributed by atoms with E-state index >= 15 is 0 Å². The lowest BCUT2D eigenvalue weighted by Crippen LogP contribution is -2.54. The molecule has 1 aliphatic rings. The maximum absolute atomic E-state index is 11.3. The first-order valence-corrected chi connectivity index (χ1v) is 6.52. The summed E-state index contributed by atoms with van der Waals surface area (Å²) in [5.74, 6) is -0.394. The Morgan fingerprint density at radius 3 is 3.00 bits per heavy atom. The highest BCUT2D eigenvalue weighted by atomic mass is 16.6. The molecular formula is C13H17N3O5. The largest absolute Gasteiger partial charge is 0.496 e. The normalized spacial score (nSPS) is 19.2. The highest BCUT2D eigenvalue weighted by molar-refractivity contribution is 5.74. The number of carboxylic acids is 1. The summed E-state index contributed by atoms with van der Waals surface area (Å²) in [6.07, 6.45) is 0. The zero-order chi connectivity index (χ0) is 15.4. The van der Waals surface area contributed by atoms with Gasteiger partial charge in [0.05, 0.1) is 12.0 Å². The van der Waals surface area contributed by atoms with E-state index in [0.717, 1.165) is 0 Å². The molecule has 1 unspecified atom stereocenters. The van der Waals surface area contributed by atoms with Crippen LogP contribution in [0.4, 0.5) is 5.69 Å². The van der Waals surface area contributed by atoms with Gasteiger partial charge in [-0.15, -0.1) is 0 Å². The van der Waals surface area contributed by atoms with Crippen molar-refractivity contribution in [1.29, 1.82) is 0 Å². The van der Waals surface area contributed by atoms with E-state index in [4.69, 9.17) is 4.74 Å². The first-order valence-electron chi connectivity index (χ1n) is 6.52. The number of piperazine rings is 1. The molecule has 0 spiro atoms. The number of hydrogen-bond acceptors (Lipinski definition) is 6. The van der Waals surface area contributed by atoms with Crippen LogP contribution in [0.25, 0.3) is 0 Å². The van der Waals surface area contributed by atoms with Gasteiger partial charge >= 0.3 is 5.97 Å². The predicted molar refractivity (Wildman–Crippen MR) is 74.4 cm³/mol. The third kappa shape index (κ3) is 3.47. The van der Waals surface area contributed by atoms with Gasteiger partial charge in [-0.05, 0) is 6.07 Å². The first-order chi connectivity index (χ1) is 10.0. The van der Waals surface area contributed by atoms with Crippen molar-refractivity contribution in [3.63, 3.8) is 0 Å². The minimum atomic E-state index is -0.911. The minimum Gasteiger partial charge on any atom is -0.496 e. The monoisotopic (exact) mass is 295 g/mol. The van der Waals surface area contributed by atoms with Gasteiger partial charge in [0.15, 0.2) is 0 Å². The molecule has 0 bridgehead atoms. The molecule has 1 aromatic rings. The van der Waals surface area contributed by atoms with Gasteiger partial charge in [-0.25, -0.2) is 0 Å². The van der Waals surface area contributed by atoms with Crippen LogP contribution in [0, 0.1) is 10.1 Å². The van der Waals surface area contributed by atoms with E-state index in [-0.39, 0.29) is 5.69 Å². The van der Waals surface area contributed by atoms with Gasteiger partial charge in [-0.3, -0.25) is 19.8 Å². The molecule has 1 fully saturated rings. The van der Waals surface area contributed by atoms with E-state index < -0.39 is 16.9 Å². The molecule has 0 aromatic heterocycles. The fourth-order valence-electron chi connectivity index (χ4n) is 2.40. The Balaban J connectivity index is 2.25. The number of methoxy groups -OCH3 is 1. The van der Waals surface area contributed by atoms with Gasteiger partial charge < -0.3 is 15.2 Å². The van der Waals surface area contributed by atoms with E-state index in [1.165, 1.54) is 25.3 Å². The van der Waals surface area contributed by atoms with Crippen LogP contribution in [0.15, 0.2) is 18.2 Å². The van der Waals surface area contributed by atoms with Crippen LogP contribution >= 0.6 is 0 Å². The van der Waals surface area contributed by atoms with E-state index in [1.54, 1.807) is 4.90 Å². The number of nitrogens with one attached hydrogen (secondary N) is 1. The molecule has 0 saturated carbocycles. The molecule has 8 nitrogen and oxygen atoms in total. The number of nitrogens with zero attached hydrogens (tertiary/aromatic N) is 2. The summed E-state index contributed by atoms with van der Waals surface area (Å²) in [5.41, 5.74) is 0.577. The molecular weight excluding hydrogens is 278 g/mol. The molecule has 114 valence electrons. The second-order valence-corrected chi connectivity index (χ2v) is 4.78. The van der Waals surface area contributed by atoms with Gasteiger partial charge in [0.25, 0.3) is 5.69 Å². The topological polar surface area (TPSA) is 105 Å². The number of carboxylic acid groups (broad SMARTS) is 1. The second-order valence-electron chi connectivity index (χ2n) is 4.78. The lowest BCUT2D eigenvalue weighted by atomic mass is 10.1. The molecule has 1 aromatic carbocycles. The van der Waals surface area contributed by atoms with Gasteiger partial charge in [0, 0.05) is 43.9 Å². The number of nitro benzene ring substituents is 1. The average Bonchev–Trinajstić information content (AvgIpc) is 2.47. The highest BCUT2D eigenvalue weighted by Gasteiger charge is 2.29. The van der Waals surface area contributed by atoms with Crippen LogP contribution < -0.4 is 10.1 Å². The van der Waals surface area contributed by atoms with Crippen molar-refractivity contribution in [3.8, 4) is 5.75 Å². The van der Waals surface area contributed by atoms with Crippen LogP contribution in [0.2, 0.25) is 0 Å². The summed E-state index contributed by atoms with van der Waals surface area (Å²) in [6, 6.07) is 3.68. The number of benzene rings is 1. The SMILES string of the molecule is COc1ccc([N+](=O)[O-])cc1CN1CCNCC1C(=O)O. The first kappa shape index (κ1) is 15.2. The summed E-state index contributed by atoms with van der Waals surface area (Å²) in [5, 5.41) is 23.1. The third-order valence-corrected chi connectivity index (χ3v) is 3.49. The lowest BCUT2D eigenvalue weighted by molar-refractivity contribution is -0.385. The van der Waals surface area contributed by atoms with Crippen molar-refractivity contribution in [2.45, 2.75) is 12.6 Å². The zero-order valence-corrected chi connectivity index (χ0v) is 11.6. The van der Waals surface area contributed by atoms with E-state index in [0.29, 0.717) is 37.5 Å². The van der Waals surface area contributed by atoms with Crippen molar-refractivity contribution in [2.24, 2.45) is 0 Å². The molecule has 8 heteroatoms. The summed E-state index contributed by atoms with van der Waals surface area (Å²) < 4.78 is 5.21. The fraction of sp³-hybridized carbons (Fsp3) is 0.462. The molecule has 1 atom stereocenters. The van der Waals surface area contributed by atoms with Crippen LogP contribution in [0.3, 0.4) is 0 Å². The van der Waals surface area contributed by atoms with Crippen molar-refractivity contribution in [1.82, 2.24) is 10.2 Å². The fourth-order valence-corrected chi connectivity index (χ4v) is 2.40. The summed E-state index contributed by atoms with van der Waals surface area (Å²) in [7, 11) is 1.48. The Labute approximate surface area is 121 Å². The number of rotatable bonds is 5. The van der Waals surface area contributed by atoms with Crippen molar-refractivity contribution in [2.75, 3.05) is 26.7 Å². The molecule has 1 heterocycles. The van der Waals surface area contributed by atoms with Crippen molar-refractivity contribution in [3.05, 3.63) is 33.9 Å². The summed E-state index contributed by atoms with van der Waals surface area (Å²) >= 11 is 0. The van der Waals surface area contributed by atoms with Gasteiger partial charge in [0.2, 0.25) is 0 Å². The minimum absolute atomic E-state index is 0.0344. The van der Waals surface area contributed by atoms with Crippen molar-refractivity contribution >= 4 is 11.7 Å². The number of nitro groups is 1. The number of carbonyl (C=O) groups is 1. The zero-order valence-electron chi connectivity index (χ0n) is 11.6. The predicted octanol–water partition coefficient (Wildman–Crippen LogP) is 0.462. The summed E-state index contributed by atoms with van der Waals surface area (Å²) in [4.78, 5) is 23.4. The molecule has 2 rings (SSSR count). The maximum atomic E-state index is 11.3. The Bertz CT molecular complexity index is 549. The van der Waals surface area contributed by atoms with Crippen LogP contribution in [0.5, 0.6) is 5.75 Å². The Morgan fingerprint density at radius 2 is 2.38 bits per heavy atom. The summed E-state index contributed by atoms with van der Waals surface area (Å²) in [6.45, 7) is 1.89. The lowest BCUT2D eigenvalue weighted by Gasteiger charge is -2.33. The van der Waals surface area contributed by atoms with Gasteiger partial charge in [-0.2, -0.15) is 0 Å². The molecule has 1 saturated heterocycles. The standard InChI is InChI=1S/C13H17N3O5/c1-21-12-3-2-10(16(19)20)6-9(12)8-15-5-4-14-7-11(15)13(17)18/h2-3,6,11,14H,4-5,7-8H2,1H3,(H,17,18). The molecule has 1 aliphatic heterocycles. The van der Waals surface area contributed by atoms with Gasteiger partial charge in [-0.1, -0.05) is 0 Å². The second kappa shape index (κ2) is 6.51. The van der Waals surface area contributed by atoms with Crippen molar-refractivity contribution < 1.29 is 19.6 Å². The molecule has 0 aliphatic carbocycles. The van der Waals surface area contributed by atoms with E-state index in [1.807, 2.05) is 0 Å². The van der Waals surface area contributed by atoms with Crippen LogP contribution in [-0.4, -0.2) is 53.7 Å². The molecule has 0 radical (unpaired) electrons. The smallest absolute Gasteiger partial charge is 0.322 e. The quantitative estimate of drug-likeness (QED) is 0.600. The van der Waals surface area contributed by atoms with E-state index in [9.17, 15) is 20.0 Å². The van der Waals surface area contributed by atoms with Gasteiger partial charge in [0.1, 0.15) is 11.8 Å². The Morgan fingerprint density at radius 1 is 1.62 bits per heavy atom. The Kier molecular flexibility index (Phi) is 4.71. The number of ether oxygens (including phenoxy) is 1. The number of aliphatic carboxylic acids is 1. The molecule has 21 heavy (non-hydrogen) atoms. The van der Waals surface area contributed by atoms with E-state index in [2.05, 4.69) is 5.32 Å². The highest BCUT2D eigenvalue weighted by Crippen LogP contribution is 2.26.